The number of likely N-dealkylation sites (N-methyl/N-ethyl adjacent to an activating group) is 1. The minimum atomic E-state index is -3.44. The lowest BCUT2D eigenvalue weighted by Crippen LogP contribution is -2.30. The van der Waals surface area contributed by atoms with Gasteiger partial charge in [0, 0.05) is 19.3 Å². The summed E-state index contributed by atoms with van der Waals surface area (Å²) < 4.78 is 26.2. The van der Waals surface area contributed by atoms with E-state index in [-0.39, 0.29) is 43.0 Å². The van der Waals surface area contributed by atoms with Crippen LogP contribution in [0.15, 0.2) is 44.9 Å². The first-order valence-corrected chi connectivity index (χ1v) is 9.76. The van der Waals surface area contributed by atoms with Crippen molar-refractivity contribution < 1.29 is 8.42 Å². The van der Waals surface area contributed by atoms with Gasteiger partial charge in [-0.15, -0.1) is 35.3 Å². The quantitative estimate of drug-likeness (QED) is 0.367. The molecule has 0 fully saturated rings. The predicted octanol–water partition coefficient (Wildman–Crippen LogP) is 3.03. The zero-order valence-electron chi connectivity index (χ0n) is 14.4. The van der Waals surface area contributed by atoms with Crippen molar-refractivity contribution in [1.82, 2.24) is 4.31 Å². The van der Waals surface area contributed by atoms with Gasteiger partial charge in [0.15, 0.2) is 5.96 Å². The Morgan fingerprint density at radius 3 is 2.48 bits per heavy atom. The van der Waals surface area contributed by atoms with Gasteiger partial charge in [0.05, 0.1) is 6.54 Å². The number of aryl methyl sites for hydroxylation is 2. The molecule has 0 aliphatic carbocycles. The highest BCUT2D eigenvalue weighted by atomic mass is 127. The average molecular weight is 494 g/mol. The number of guanidine groups is 1. The molecule has 138 valence electrons. The summed E-state index contributed by atoms with van der Waals surface area (Å²) in [5.74, 6) is 0.266. The third-order valence-electron chi connectivity index (χ3n) is 3.35. The largest absolute Gasteiger partial charge is 0.370 e. The highest BCUT2D eigenvalue weighted by molar-refractivity contribution is 14.0. The van der Waals surface area contributed by atoms with Crippen molar-refractivity contribution in [3.05, 3.63) is 46.8 Å². The smallest absolute Gasteiger partial charge is 0.252 e. The van der Waals surface area contributed by atoms with E-state index in [1.54, 1.807) is 17.5 Å². The lowest BCUT2D eigenvalue weighted by Gasteiger charge is -2.15. The van der Waals surface area contributed by atoms with Gasteiger partial charge in [0.1, 0.15) is 4.21 Å². The molecular formula is C16H23IN4O2S2. The Balaban J connectivity index is 0.00000312. The second-order valence-corrected chi connectivity index (χ2v) is 8.75. The summed E-state index contributed by atoms with van der Waals surface area (Å²) in [5, 5.41) is 4.77. The Morgan fingerprint density at radius 1 is 1.28 bits per heavy atom. The van der Waals surface area contributed by atoms with Gasteiger partial charge < -0.3 is 11.1 Å². The molecule has 0 atom stereocenters. The molecule has 0 spiro atoms. The fourth-order valence-electron chi connectivity index (χ4n) is 2.23. The lowest BCUT2D eigenvalue weighted by atomic mass is 10.1. The van der Waals surface area contributed by atoms with Crippen LogP contribution in [0, 0.1) is 13.8 Å². The number of nitrogens with zero attached hydrogens (tertiary/aromatic N) is 2. The van der Waals surface area contributed by atoms with Gasteiger partial charge in [-0.2, -0.15) is 4.31 Å². The lowest BCUT2D eigenvalue weighted by molar-refractivity contribution is 0.479. The number of rotatable bonds is 6. The standard InChI is InChI=1S/C16H22N4O2S2.HI/c1-12-9-13(2)11-14(10-12)19-16(17)18-6-7-20(3)24(21,22)15-5-4-8-23-15;/h4-5,8-11H,6-7H2,1-3H3,(H3,17,18,19);1H. The maximum absolute atomic E-state index is 12.3. The molecule has 0 bridgehead atoms. The molecule has 3 N–H and O–H groups in total. The van der Waals surface area contributed by atoms with Gasteiger partial charge in [-0.3, -0.25) is 4.99 Å². The molecule has 2 aromatic rings. The Bertz CT molecular complexity index is 800. The van der Waals surface area contributed by atoms with Crippen LogP contribution in [-0.4, -0.2) is 38.8 Å². The van der Waals surface area contributed by atoms with Crippen LogP contribution in [0.1, 0.15) is 11.1 Å². The summed E-state index contributed by atoms with van der Waals surface area (Å²) >= 11 is 1.20. The number of halogens is 1. The first-order chi connectivity index (χ1) is 11.3. The number of thiophene rings is 1. The molecule has 0 saturated carbocycles. The van der Waals surface area contributed by atoms with Crippen LogP contribution in [0.4, 0.5) is 5.69 Å². The molecule has 6 nitrogen and oxygen atoms in total. The van der Waals surface area contributed by atoms with E-state index in [1.165, 1.54) is 22.7 Å². The van der Waals surface area contributed by atoms with Gasteiger partial charge in [0.2, 0.25) is 0 Å². The molecule has 0 radical (unpaired) electrons. The van der Waals surface area contributed by atoms with E-state index in [1.807, 2.05) is 26.0 Å². The van der Waals surface area contributed by atoms with Crippen LogP contribution in [-0.2, 0) is 10.0 Å². The number of sulfonamides is 1. The molecular weight excluding hydrogens is 471 g/mol. The Morgan fingerprint density at radius 2 is 1.92 bits per heavy atom. The molecule has 0 unspecified atom stereocenters. The summed E-state index contributed by atoms with van der Waals surface area (Å²) in [6.45, 7) is 4.56. The van der Waals surface area contributed by atoms with Gasteiger partial charge in [-0.25, -0.2) is 8.42 Å². The second kappa shape index (κ2) is 9.51. The zero-order chi connectivity index (χ0) is 17.7. The maximum atomic E-state index is 12.3. The molecule has 2 rings (SSSR count). The zero-order valence-corrected chi connectivity index (χ0v) is 18.4. The minimum Gasteiger partial charge on any atom is -0.370 e. The van der Waals surface area contributed by atoms with Crippen molar-refractivity contribution in [1.29, 1.82) is 0 Å². The van der Waals surface area contributed by atoms with Crippen molar-refractivity contribution in [2.45, 2.75) is 18.1 Å². The second-order valence-electron chi connectivity index (χ2n) is 5.53. The third kappa shape index (κ3) is 6.24. The maximum Gasteiger partial charge on any atom is 0.252 e. The highest BCUT2D eigenvalue weighted by Gasteiger charge is 2.20. The first-order valence-electron chi connectivity index (χ1n) is 7.44. The van der Waals surface area contributed by atoms with E-state index in [0.717, 1.165) is 16.8 Å². The van der Waals surface area contributed by atoms with Gasteiger partial charge in [-0.1, -0.05) is 12.1 Å². The molecule has 0 amide bonds. The molecule has 0 aliphatic heterocycles. The molecule has 1 heterocycles. The first kappa shape index (κ1) is 21.9. The molecule has 1 aromatic heterocycles. The summed E-state index contributed by atoms with van der Waals surface area (Å²) in [7, 11) is -1.90. The van der Waals surface area contributed by atoms with Crippen molar-refractivity contribution in [3.8, 4) is 0 Å². The van der Waals surface area contributed by atoms with E-state index in [9.17, 15) is 8.42 Å². The number of hydrogen-bond acceptors (Lipinski definition) is 4. The van der Waals surface area contributed by atoms with Gasteiger partial charge in [-0.05, 0) is 48.6 Å². The number of aliphatic imine (C=N–C) groups is 1. The van der Waals surface area contributed by atoms with Gasteiger partial charge in [0.25, 0.3) is 10.0 Å². The fraction of sp³-hybridized carbons (Fsp3) is 0.312. The van der Waals surface area contributed by atoms with Crippen molar-refractivity contribution in [2.75, 3.05) is 25.5 Å². The van der Waals surface area contributed by atoms with E-state index in [4.69, 9.17) is 5.73 Å². The molecule has 0 saturated heterocycles. The fourth-order valence-corrected chi connectivity index (χ4v) is 4.59. The summed E-state index contributed by atoms with van der Waals surface area (Å²) in [6, 6.07) is 9.33. The number of nitrogens with one attached hydrogen (secondary N) is 1. The average Bonchev–Trinajstić information content (AvgIpc) is 3.00. The van der Waals surface area contributed by atoms with Crippen LogP contribution in [0.25, 0.3) is 0 Å². The summed E-state index contributed by atoms with van der Waals surface area (Å²) in [5.41, 5.74) is 9.00. The number of nitrogens with two attached hydrogens (primary N) is 1. The number of hydrogen-bond donors (Lipinski definition) is 2. The van der Waals surface area contributed by atoms with Crippen LogP contribution in [0.3, 0.4) is 0 Å². The van der Waals surface area contributed by atoms with Crippen molar-refractivity contribution in [3.63, 3.8) is 0 Å². The van der Waals surface area contributed by atoms with Crippen LogP contribution >= 0.6 is 35.3 Å². The van der Waals surface area contributed by atoms with Gasteiger partial charge >= 0.3 is 0 Å². The van der Waals surface area contributed by atoms with E-state index < -0.39 is 10.0 Å². The van der Waals surface area contributed by atoms with Crippen molar-refractivity contribution in [2.24, 2.45) is 10.7 Å². The molecule has 9 heteroatoms. The number of anilines is 1. The Labute approximate surface area is 170 Å². The van der Waals surface area contributed by atoms with Crippen LogP contribution in [0.2, 0.25) is 0 Å². The molecule has 0 aliphatic rings. The Hall–Kier alpha value is -1.17. The normalized spacial score (nSPS) is 12.1. The van der Waals surface area contributed by atoms with Crippen molar-refractivity contribution >= 4 is 57.0 Å². The van der Waals surface area contributed by atoms with Crippen LogP contribution in [0.5, 0.6) is 0 Å². The monoisotopic (exact) mass is 494 g/mol. The summed E-state index contributed by atoms with van der Waals surface area (Å²) in [6.07, 6.45) is 0. The Kier molecular flexibility index (Phi) is 8.32. The SMILES string of the molecule is Cc1cc(C)cc(NC(N)=NCCN(C)S(=O)(=O)c2cccs2)c1.I. The van der Waals surface area contributed by atoms with Crippen LogP contribution < -0.4 is 11.1 Å². The predicted molar refractivity (Wildman–Crippen MR) is 116 cm³/mol. The number of benzene rings is 1. The highest BCUT2D eigenvalue weighted by Crippen LogP contribution is 2.19. The minimum absolute atomic E-state index is 0. The topological polar surface area (TPSA) is 87.8 Å². The van der Waals surface area contributed by atoms with E-state index in [0.29, 0.717) is 4.21 Å². The molecule has 1 aromatic carbocycles. The summed E-state index contributed by atoms with van der Waals surface area (Å²) in [4.78, 5) is 4.19. The van der Waals surface area contributed by atoms with E-state index in [2.05, 4.69) is 16.4 Å². The molecule has 25 heavy (non-hydrogen) atoms. The van der Waals surface area contributed by atoms with E-state index >= 15 is 0 Å². The third-order valence-corrected chi connectivity index (χ3v) is 6.58.